The molecule has 2 unspecified atom stereocenters. The van der Waals surface area contributed by atoms with Crippen LogP contribution in [0.1, 0.15) is 12.8 Å². The molecule has 0 saturated carbocycles. The van der Waals surface area contributed by atoms with Crippen molar-refractivity contribution in [2.45, 2.75) is 25.0 Å². The molecule has 0 aromatic carbocycles. The van der Waals surface area contributed by atoms with Gasteiger partial charge in [0.25, 0.3) is 0 Å². The molecule has 1 heterocycles. The molecule has 0 radical (unpaired) electrons. The van der Waals surface area contributed by atoms with E-state index in [9.17, 15) is 9.59 Å². The number of carboxylic acid groups (broad SMARTS) is 1. The Hall–Kier alpha value is -0.950. The fourth-order valence-corrected chi connectivity index (χ4v) is 2.83. The van der Waals surface area contributed by atoms with E-state index >= 15 is 0 Å². The summed E-state index contributed by atoms with van der Waals surface area (Å²) in [5.74, 6) is 0.751. The SMILES string of the molecule is CN(C(=O)NCCC(O)C(=O)O)C1CCSC1. The van der Waals surface area contributed by atoms with Gasteiger partial charge in [0.1, 0.15) is 0 Å². The number of amides is 2. The number of aliphatic hydroxyl groups excluding tert-OH is 1. The zero-order valence-corrected chi connectivity index (χ0v) is 10.6. The first-order valence-electron chi connectivity index (χ1n) is 5.51. The standard InChI is InChI=1S/C10H18N2O4S/c1-12(7-3-5-17-6-7)10(16)11-4-2-8(13)9(14)15/h7-8,13H,2-6H2,1H3,(H,11,16)(H,14,15). The second-order valence-electron chi connectivity index (χ2n) is 4.00. The van der Waals surface area contributed by atoms with Gasteiger partial charge in [-0.05, 0) is 12.2 Å². The summed E-state index contributed by atoms with van der Waals surface area (Å²) in [6.45, 7) is 0.163. The van der Waals surface area contributed by atoms with Crippen molar-refractivity contribution in [3.8, 4) is 0 Å². The fourth-order valence-electron chi connectivity index (χ4n) is 1.56. The zero-order chi connectivity index (χ0) is 12.8. The Balaban J connectivity index is 2.22. The maximum atomic E-state index is 11.7. The van der Waals surface area contributed by atoms with E-state index in [1.807, 2.05) is 11.8 Å². The van der Waals surface area contributed by atoms with Crippen molar-refractivity contribution in [3.63, 3.8) is 0 Å². The van der Waals surface area contributed by atoms with Crippen LogP contribution in [0.15, 0.2) is 0 Å². The summed E-state index contributed by atoms with van der Waals surface area (Å²) in [7, 11) is 1.74. The van der Waals surface area contributed by atoms with Crippen molar-refractivity contribution < 1.29 is 19.8 Å². The number of aliphatic carboxylic acids is 1. The summed E-state index contributed by atoms with van der Waals surface area (Å²) in [6.07, 6.45) is -0.400. The molecule has 1 rings (SSSR count). The minimum atomic E-state index is -1.41. The number of aliphatic hydroxyl groups is 1. The smallest absolute Gasteiger partial charge is 0.332 e. The van der Waals surface area contributed by atoms with E-state index in [1.54, 1.807) is 11.9 Å². The molecule has 3 N–H and O–H groups in total. The van der Waals surface area contributed by atoms with Crippen molar-refractivity contribution >= 4 is 23.8 Å². The summed E-state index contributed by atoms with van der Waals surface area (Å²) in [6, 6.07) is 0.0412. The van der Waals surface area contributed by atoms with Crippen molar-refractivity contribution in [3.05, 3.63) is 0 Å². The number of carboxylic acids is 1. The number of nitrogens with zero attached hydrogens (tertiary/aromatic N) is 1. The van der Waals surface area contributed by atoms with Crippen LogP contribution < -0.4 is 5.32 Å². The van der Waals surface area contributed by atoms with Crippen molar-refractivity contribution in [1.82, 2.24) is 10.2 Å². The highest BCUT2D eigenvalue weighted by Crippen LogP contribution is 2.21. The number of urea groups is 1. The second-order valence-corrected chi connectivity index (χ2v) is 5.15. The summed E-state index contributed by atoms with van der Waals surface area (Å²) < 4.78 is 0. The minimum absolute atomic E-state index is 0.0222. The van der Waals surface area contributed by atoms with Gasteiger partial charge in [-0.3, -0.25) is 0 Å². The number of hydrogen-bond acceptors (Lipinski definition) is 4. The van der Waals surface area contributed by atoms with Crippen LogP contribution >= 0.6 is 11.8 Å². The molecule has 0 aromatic rings. The van der Waals surface area contributed by atoms with Gasteiger partial charge in [-0.1, -0.05) is 0 Å². The highest BCUT2D eigenvalue weighted by atomic mass is 32.2. The lowest BCUT2D eigenvalue weighted by Gasteiger charge is -2.24. The first kappa shape index (κ1) is 14.1. The van der Waals surface area contributed by atoms with Gasteiger partial charge in [0.2, 0.25) is 0 Å². The molecule has 98 valence electrons. The van der Waals surface area contributed by atoms with E-state index in [4.69, 9.17) is 10.2 Å². The van der Waals surface area contributed by atoms with Gasteiger partial charge >= 0.3 is 12.0 Å². The maximum absolute atomic E-state index is 11.7. The number of hydrogen-bond donors (Lipinski definition) is 3. The van der Waals surface area contributed by atoms with Gasteiger partial charge in [-0.25, -0.2) is 9.59 Å². The van der Waals surface area contributed by atoms with Gasteiger partial charge in [-0.15, -0.1) is 0 Å². The summed E-state index contributed by atoms with van der Waals surface area (Å²) >= 11 is 1.82. The first-order chi connectivity index (χ1) is 8.02. The number of carbonyl (C=O) groups excluding carboxylic acids is 1. The Morgan fingerprint density at radius 3 is 2.82 bits per heavy atom. The minimum Gasteiger partial charge on any atom is -0.479 e. The van der Waals surface area contributed by atoms with Crippen LogP contribution in [0.4, 0.5) is 4.79 Å². The van der Waals surface area contributed by atoms with Crippen LogP contribution in [-0.2, 0) is 4.79 Å². The van der Waals surface area contributed by atoms with E-state index in [0.29, 0.717) is 0 Å². The highest BCUT2D eigenvalue weighted by molar-refractivity contribution is 7.99. The van der Waals surface area contributed by atoms with Gasteiger partial charge in [0.05, 0.1) is 0 Å². The Labute approximate surface area is 104 Å². The molecule has 7 heteroatoms. The molecule has 1 saturated heterocycles. The predicted octanol–water partition coefficient (Wildman–Crippen LogP) is -0.0311. The number of carbonyl (C=O) groups is 2. The monoisotopic (exact) mass is 262 g/mol. The van der Waals surface area contributed by atoms with Gasteiger partial charge in [0.15, 0.2) is 6.10 Å². The molecule has 0 aromatic heterocycles. The molecule has 0 bridgehead atoms. The third-order valence-corrected chi connectivity index (χ3v) is 3.90. The zero-order valence-electron chi connectivity index (χ0n) is 9.76. The molecule has 1 aliphatic heterocycles. The van der Waals surface area contributed by atoms with Crippen molar-refractivity contribution in [2.24, 2.45) is 0 Å². The number of thioether (sulfide) groups is 1. The van der Waals surface area contributed by atoms with Gasteiger partial charge in [-0.2, -0.15) is 11.8 Å². The van der Waals surface area contributed by atoms with Crippen LogP contribution in [0.2, 0.25) is 0 Å². The topological polar surface area (TPSA) is 89.9 Å². The van der Waals surface area contributed by atoms with E-state index < -0.39 is 12.1 Å². The number of nitrogens with one attached hydrogen (secondary N) is 1. The Kier molecular flexibility index (Phi) is 5.57. The Bertz CT molecular complexity index is 281. The van der Waals surface area contributed by atoms with Crippen LogP contribution in [0.25, 0.3) is 0 Å². The Morgan fingerprint density at radius 2 is 2.29 bits per heavy atom. The molecule has 6 nitrogen and oxygen atoms in total. The van der Waals surface area contributed by atoms with Gasteiger partial charge < -0.3 is 20.4 Å². The highest BCUT2D eigenvalue weighted by Gasteiger charge is 2.23. The average molecular weight is 262 g/mol. The van der Waals surface area contributed by atoms with E-state index in [-0.39, 0.29) is 25.0 Å². The van der Waals surface area contributed by atoms with Crippen LogP contribution in [0.5, 0.6) is 0 Å². The van der Waals surface area contributed by atoms with E-state index in [0.717, 1.165) is 17.9 Å². The molecule has 1 aliphatic rings. The largest absolute Gasteiger partial charge is 0.479 e. The predicted molar refractivity (Wildman–Crippen MR) is 65.2 cm³/mol. The summed E-state index contributed by atoms with van der Waals surface area (Å²) in [5.41, 5.74) is 0. The maximum Gasteiger partial charge on any atom is 0.332 e. The normalized spacial score (nSPS) is 20.9. The van der Waals surface area contributed by atoms with E-state index in [2.05, 4.69) is 5.32 Å². The van der Waals surface area contributed by atoms with Crippen LogP contribution in [0.3, 0.4) is 0 Å². The van der Waals surface area contributed by atoms with E-state index in [1.165, 1.54) is 0 Å². The molecule has 0 aliphatic carbocycles. The average Bonchev–Trinajstić information content (AvgIpc) is 2.80. The molecule has 2 amide bonds. The second kappa shape index (κ2) is 6.70. The lowest BCUT2D eigenvalue weighted by molar-refractivity contribution is -0.146. The Morgan fingerprint density at radius 1 is 1.59 bits per heavy atom. The third-order valence-electron chi connectivity index (χ3n) is 2.75. The first-order valence-corrected chi connectivity index (χ1v) is 6.67. The molecule has 0 spiro atoms. The molecular weight excluding hydrogens is 244 g/mol. The van der Waals surface area contributed by atoms with Gasteiger partial charge in [0, 0.05) is 31.8 Å². The third kappa shape index (κ3) is 4.43. The lowest BCUT2D eigenvalue weighted by Crippen LogP contribution is -2.44. The molecular formula is C10H18N2O4S. The molecule has 2 atom stereocenters. The summed E-state index contributed by atoms with van der Waals surface area (Å²) in [4.78, 5) is 23.6. The van der Waals surface area contributed by atoms with Crippen molar-refractivity contribution in [1.29, 1.82) is 0 Å². The van der Waals surface area contributed by atoms with Crippen molar-refractivity contribution in [2.75, 3.05) is 25.1 Å². The molecule has 1 fully saturated rings. The molecule has 17 heavy (non-hydrogen) atoms. The van der Waals surface area contributed by atoms with Crippen LogP contribution in [-0.4, -0.2) is 64.4 Å². The summed E-state index contributed by atoms with van der Waals surface area (Å²) in [5, 5.41) is 20.1. The quantitative estimate of drug-likeness (QED) is 0.647. The van der Waals surface area contributed by atoms with Crippen LogP contribution in [0, 0.1) is 0 Å². The fraction of sp³-hybridized carbons (Fsp3) is 0.800. The number of rotatable bonds is 5. The lowest BCUT2D eigenvalue weighted by atomic mass is 10.2.